The van der Waals surface area contributed by atoms with Crippen molar-refractivity contribution in [1.29, 1.82) is 0 Å². The molecule has 1 aromatic rings. The second kappa shape index (κ2) is 4.43. The lowest BCUT2D eigenvalue weighted by molar-refractivity contribution is 0.214. The first-order valence-electron chi connectivity index (χ1n) is 5.42. The highest BCUT2D eigenvalue weighted by Crippen LogP contribution is 2.27. The molecular weight excluding hydrogens is 204 g/mol. The molecule has 0 spiro atoms. The van der Waals surface area contributed by atoms with Crippen molar-refractivity contribution in [1.82, 2.24) is 4.90 Å². The van der Waals surface area contributed by atoms with E-state index < -0.39 is 0 Å². The maximum atomic E-state index is 8.87. The molecule has 0 bridgehead atoms. The number of benzene rings is 1. The van der Waals surface area contributed by atoms with E-state index in [1.54, 1.807) is 0 Å². The van der Waals surface area contributed by atoms with Gasteiger partial charge in [0, 0.05) is 6.04 Å². The minimum Gasteiger partial charge on any atom is -0.453 e. The predicted molar refractivity (Wildman–Crippen MR) is 61.3 cm³/mol. The van der Waals surface area contributed by atoms with Crippen LogP contribution in [0.25, 0.3) is 0 Å². The summed E-state index contributed by atoms with van der Waals surface area (Å²) in [4.78, 5) is 1.94. The zero-order valence-corrected chi connectivity index (χ0v) is 9.50. The van der Waals surface area contributed by atoms with Crippen molar-refractivity contribution in [2.45, 2.75) is 26.0 Å². The molecule has 1 unspecified atom stereocenters. The molecule has 1 aromatic carbocycles. The summed E-state index contributed by atoms with van der Waals surface area (Å²) < 4.78 is 5.60. The molecule has 4 nitrogen and oxygen atoms in total. The Morgan fingerprint density at radius 3 is 2.56 bits per heavy atom. The van der Waals surface area contributed by atoms with Crippen LogP contribution >= 0.6 is 0 Å². The maximum absolute atomic E-state index is 8.87. The van der Waals surface area contributed by atoms with Crippen molar-refractivity contribution < 1.29 is 9.94 Å². The second-order valence-corrected chi connectivity index (χ2v) is 4.15. The highest BCUT2D eigenvalue weighted by atomic mass is 16.6. The molecular formula is C12H16N2O2. The lowest BCUT2D eigenvalue weighted by atomic mass is 10.1. The number of oxime groups is 1. The average Bonchev–Trinajstić information content (AvgIpc) is 2.74. The molecule has 1 aliphatic heterocycles. The average molecular weight is 220 g/mol. The fourth-order valence-electron chi connectivity index (χ4n) is 1.84. The Morgan fingerprint density at radius 2 is 2.06 bits per heavy atom. The summed E-state index contributed by atoms with van der Waals surface area (Å²) in [6.45, 7) is 4.81. The van der Waals surface area contributed by atoms with Gasteiger partial charge >= 0.3 is 6.02 Å². The highest BCUT2D eigenvalue weighted by molar-refractivity contribution is 5.75. The number of hydrogen-bond donors (Lipinski definition) is 1. The molecule has 1 N–H and O–H groups in total. The number of ether oxygens (including phenoxy) is 1. The number of amidine groups is 1. The molecule has 0 aromatic heterocycles. The van der Waals surface area contributed by atoms with Gasteiger partial charge in [0.1, 0.15) is 6.10 Å². The van der Waals surface area contributed by atoms with Gasteiger partial charge in [-0.25, -0.2) is 0 Å². The van der Waals surface area contributed by atoms with Gasteiger partial charge < -0.3 is 14.8 Å². The summed E-state index contributed by atoms with van der Waals surface area (Å²) in [5.41, 5.74) is 1.10. The largest absolute Gasteiger partial charge is 0.453 e. The zero-order valence-electron chi connectivity index (χ0n) is 9.50. The molecule has 1 aliphatic rings. The summed E-state index contributed by atoms with van der Waals surface area (Å²) in [6.07, 6.45) is -0.0468. The Balaban J connectivity index is 2.17. The standard InChI is InChI=1S/C12H16N2O2/c1-9(2)14-8-11(16-12(14)13-15)10-6-4-3-5-7-10/h3-7,9,11,15H,8H2,1-2H3. The molecule has 0 radical (unpaired) electrons. The molecule has 1 atom stereocenters. The van der Waals surface area contributed by atoms with E-state index in [0.29, 0.717) is 6.02 Å². The molecule has 1 fully saturated rings. The van der Waals surface area contributed by atoms with Crippen molar-refractivity contribution in [2.24, 2.45) is 5.16 Å². The van der Waals surface area contributed by atoms with Gasteiger partial charge in [0.25, 0.3) is 0 Å². The second-order valence-electron chi connectivity index (χ2n) is 4.15. The summed E-state index contributed by atoms with van der Waals surface area (Å²) in [5, 5.41) is 12.1. The van der Waals surface area contributed by atoms with E-state index in [0.717, 1.165) is 12.1 Å². The Kier molecular flexibility index (Phi) is 2.99. The van der Waals surface area contributed by atoms with E-state index in [9.17, 15) is 0 Å². The smallest absolute Gasteiger partial charge is 0.327 e. The third-order valence-corrected chi connectivity index (χ3v) is 2.74. The Bertz CT molecular complexity index is 376. The van der Waals surface area contributed by atoms with Crippen LogP contribution in [0.3, 0.4) is 0 Å². The van der Waals surface area contributed by atoms with Gasteiger partial charge in [-0.05, 0) is 24.6 Å². The summed E-state index contributed by atoms with van der Waals surface area (Å²) >= 11 is 0. The van der Waals surface area contributed by atoms with Gasteiger partial charge in [0.15, 0.2) is 0 Å². The quantitative estimate of drug-likeness (QED) is 0.614. The van der Waals surface area contributed by atoms with E-state index in [2.05, 4.69) is 5.16 Å². The van der Waals surface area contributed by atoms with E-state index in [4.69, 9.17) is 9.94 Å². The van der Waals surface area contributed by atoms with Crippen molar-refractivity contribution in [3.05, 3.63) is 35.9 Å². The topological polar surface area (TPSA) is 45.1 Å². The minimum absolute atomic E-state index is 0.0468. The molecule has 1 heterocycles. The van der Waals surface area contributed by atoms with E-state index >= 15 is 0 Å². The van der Waals surface area contributed by atoms with Crippen LogP contribution in [0.15, 0.2) is 35.5 Å². The van der Waals surface area contributed by atoms with Crippen LogP contribution in [0.5, 0.6) is 0 Å². The lowest BCUT2D eigenvalue weighted by Gasteiger charge is -2.18. The summed E-state index contributed by atoms with van der Waals surface area (Å²) in [5.74, 6) is 0. The Labute approximate surface area is 95.1 Å². The molecule has 4 heteroatoms. The minimum atomic E-state index is -0.0468. The number of nitrogens with zero attached hydrogens (tertiary/aromatic N) is 2. The predicted octanol–water partition coefficient (Wildman–Crippen LogP) is 2.21. The first kappa shape index (κ1) is 10.8. The lowest BCUT2D eigenvalue weighted by Crippen LogP contribution is -2.32. The zero-order chi connectivity index (χ0) is 11.5. The third kappa shape index (κ3) is 1.96. The number of rotatable bonds is 2. The molecule has 0 aliphatic carbocycles. The fraction of sp³-hybridized carbons (Fsp3) is 0.417. The van der Waals surface area contributed by atoms with Crippen molar-refractivity contribution >= 4 is 6.02 Å². The number of hydrogen-bond acceptors (Lipinski definition) is 3. The van der Waals surface area contributed by atoms with Crippen LogP contribution in [0, 0.1) is 0 Å². The highest BCUT2D eigenvalue weighted by Gasteiger charge is 2.32. The SMILES string of the molecule is CC(C)N1CC(c2ccccc2)OC1=NO. The van der Waals surface area contributed by atoms with Gasteiger partial charge in [-0.3, -0.25) is 0 Å². The van der Waals surface area contributed by atoms with E-state index in [1.807, 2.05) is 49.1 Å². The van der Waals surface area contributed by atoms with Crippen LogP contribution in [0.2, 0.25) is 0 Å². The van der Waals surface area contributed by atoms with E-state index in [-0.39, 0.29) is 12.1 Å². The van der Waals surface area contributed by atoms with Gasteiger partial charge in [-0.1, -0.05) is 30.3 Å². The Hall–Kier alpha value is -1.71. The van der Waals surface area contributed by atoms with Crippen molar-refractivity contribution in [2.75, 3.05) is 6.54 Å². The fourth-order valence-corrected chi connectivity index (χ4v) is 1.84. The van der Waals surface area contributed by atoms with Crippen LogP contribution in [0.4, 0.5) is 0 Å². The van der Waals surface area contributed by atoms with Crippen molar-refractivity contribution in [3.8, 4) is 0 Å². The van der Waals surface area contributed by atoms with Crippen LogP contribution in [-0.4, -0.2) is 28.7 Å². The third-order valence-electron chi connectivity index (χ3n) is 2.74. The van der Waals surface area contributed by atoms with Crippen molar-refractivity contribution in [3.63, 3.8) is 0 Å². The summed E-state index contributed by atoms with van der Waals surface area (Å²) in [7, 11) is 0. The molecule has 0 amide bonds. The van der Waals surface area contributed by atoms with Gasteiger partial charge in [-0.2, -0.15) is 0 Å². The molecule has 86 valence electrons. The van der Waals surface area contributed by atoms with Gasteiger partial charge in [-0.15, -0.1) is 0 Å². The normalized spacial score (nSPS) is 22.8. The Morgan fingerprint density at radius 1 is 1.38 bits per heavy atom. The van der Waals surface area contributed by atoms with E-state index in [1.165, 1.54) is 0 Å². The van der Waals surface area contributed by atoms with Crippen LogP contribution in [0.1, 0.15) is 25.5 Å². The monoisotopic (exact) mass is 220 g/mol. The maximum Gasteiger partial charge on any atom is 0.327 e. The van der Waals surface area contributed by atoms with Crippen LogP contribution in [-0.2, 0) is 4.74 Å². The van der Waals surface area contributed by atoms with Gasteiger partial charge in [0.05, 0.1) is 6.54 Å². The molecule has 0 saturated carbocycles. The first-order chi connectivity index (χ1) is 7.72. The summed E-state index contributed by atoms with van der Waals surface area (Å²) in [6, 6.07) is 10.5. The molecule has 2 rings (SSSR count). The first-order valence-corrected chi connectivity index (χ1v) is 5.42. The van der Waals surface area contributed by atoms with Gasteiger partial charge in [0.2, 0.25) is 0 Å². The molecule has 1 saturated heterocycles. The molecule has 16 heavy (non-hydrogen) atoms. The van der Waals surface area contributed by atoms with Crippen LogP contribution < -0.4 is 0 Å².